The van der Waals surface area contributed by atoms with E-state index in [1.54, 1.807) is 0 Å². The van der Waals surface area contributed by atoms with Crippen LogP contribution in [0, 0.1) is 0 Å². The average Bonchev–Trinajstić information content (AvgIpc) is 3.20. The predicted molar refractivity (Wildman–Crippen MR) is 243 cm³/mol. The van der Waals surface area contributed by atoms with E-state index >= 15 is 0 Å². The van der Waals surface area contributed by atoms with Crippen molar-refractivity contribution in [1.29, 1.82) is 0 Å². The smallest absolute Gasteiger partial charge is 0.169 e. The van der Waals surface area contributed by atoms with Crippen LogP contribution in [0.3, 0.4) is 0 Å². The van der Waals surface area contributed by atoms with Crippen LogP contribution in [0.4, 0.5) is 0 Å². The van der Waals surface area contributed by atoms with Crippen LogP contribution in [-0.2, 0) is 13.1 Å². The van der Waals surface area contributed by atoms with Gasteiger partial charge >= 0.3 is 0 Å². The summed E-state index contributed by atoms with van der Waals surface area (Å²) in [5.41, 5.74) is 0. The fourth-order valence-corrected chi connectivity index (χ4v) is 9.44. The molecule has 2 aromatic heterocycles. The number of hydrogen-bond donors (Lipinski definition) is 0. The Balaban J connectivity index is 1.31. The summed E-state index contributed by atoms with van der Waals surface area (Å²) in [6.45, 7) is 6.96. The fraction of sp³-hybridized carbons (Fsp3) is 0.800. The highest BCUT2D eigenvalue weighted by molar-refractivity contribution is 7.99. The zero-order valence-electron chi connectivity index (χ0n) is 36.2. The van der Waals surface area contributed by atoms with Crippen LogP contribution in [0.25, 0.3) is 0 Å². The lowest BCUT2D eigenvalue weighted by molar-refractivity contribution is -0.697. The molecule has 0 aliphatic heterocycles. The Morgan fingerprint density at radius 2 is 0.519 bits per heavy atom. The molecule has 2 heterocycles. The molecule has 0 unspecified atom stereocenters. The van der Waals surface area contributed by atoms with E-state index in [1.807, 2.05) is 23.5 Å². The standard InChI is InChI=1S/C50H90N2S2/c1-3-5-7-9-11-13-15-17-19-21-23-25-29-33-41-51-43-37-49(38-44-51)53-47-35-31-27-28-32-36-48-54-50-39-45-52(46-40-50)42-34-30-26-24-22-20-18-16-14-12-10-8-6-4-2/h37-40,43-46H,3-36,41-42,47-48H2,1-2H3/q+2. The van der Waals surface area contributed by atoms with Gasteiger partial charge in [-0.2, -0.15) is 0 Å². The predicted octanol–water partition coefficient (Wildman–Crippen LogP) is 16.4. The highest BCUT2D eigenvalue weighted by Crippen LogP contribution is 2.21. The SMILES string of the molecule is CCCCCCCCCCCCCCCC[n+]1ccc(SCCCCCCCCSc2cc[n+](CCCCCCCCCCCCCCCC)cc2)cc1. The minimum atomic E-state index is 1.17. The number of hydrogen-bond acceptors (Lipinski definition) is 2. The molecule has 2 aromatic rings. The van der Waals surface area contributed by atoms with Crippen LogP contribution in [0.15, 0.2) is 58.8 Å². The maximum atomic E-state index is 2.39. The molecule has 0 saturated heterocycles. The zero-order chi connectivity index (χ0) is 38.3. The molecule has 0 amide bonds. The number of thioether (sulfide) groups is 2. The molecule has 2 nitrogen and oxygen atoms in total. The van der Waals surface area contributed by atoms with E-state index in [0.29, 0.717) is 0 Å². The summed E-state index contributed by atoms with van der Waals surface area (Å²) in [5, 5.41) is 0. The van der Waals surface area contributed by atoms with E-state index < -0.39 is 0 Å². The molecular formula is C50H90N2S2+2. The number of rotatable bonds is 41. The highest BCUT2D eigenvalue weighted by Gasteiger charge is 2.04. The van der Waals surface area contributed by atoms with Crippen LogP contribution in [0.5, 0.6) is 0 Å². The van der Waals surface area contributed by atoms with Crippen LogP contribution in [0.2, 0.25) is 0 Å². The van der Waals surface area contributed by atoms with Crippen LogP contribution in [0.1, 0.15) is 232 Å². The first-order valence-corrected chi connectivity index (χ1v) is 26.0. The van der Waals surface area contributed by atoms with Crippen LogP contribution in [-0.4, -0.2) is 11.5 Å². The van der Waals surface area contributed by atoms with E-state index in [0.717, 1.165) is 0 Å². The minimum absolute atomic E-state index is 1.17. The number of pyridine rings is 2. The molecule has 0 aromatic carbocycles. The van der Waals surface area contributed by atoms with E-state index in [1.165, 1.54) is 253 Å². The minimum Gasteiger partial charge on any atom is -0.205 e. The average molecular weight is 783 g/mol. The van der Waals surface area contributed by atoms with Crippen molar-refractivity contribution in [3.05, 3.63) is 49.1 Å². The molecule has 310 valence electrons. The zero-order valence-corrected chi connectivity index (χ0v) is 37.8. The van der Waals surface area contributed by atoms with Crippen molar-refractivity contribution in [2.45, 2.75) is 255 Å². The maximum absolute atomic E-state index is 2.39. The summed E-state index contributed by atoms with van der Waals surface area (Å²) in [6.07, 6.45) is 57.5. The number of aromatic nitrogens is 2. The lowest BCUT2D eigenvalue weighted by atomic mass is 10.0. The monoisotopic (exact) mass is 783 g/mol. The largest absolute Gasteiger partial charge is 0.205 e. The third-order valence-corrected chi connectivity index (χ3v) is 13.5. The van der Waals surface area contributed by atoms with Crippen molar-refractivity contribution in [1.82, 2.24) is 0 Å². The Hall–Kier alpha value is -1.00. The van der Waals surface area contributed by atoms with Gasteiger partial charge in [0.2, 0.25) is 0 Å². The summed E-state index contributed by atoms with van der Waals surface area (Å²) in [5.74, 6) is 2.51. The molecule has 2 rings (SSSR count). The van der Waals surface area contributed by atoms with Gasteiger partial charge in [-0.15, -0.1) is 23.5 Å². The quantitative estimate of drug-likeness (QED) is 0.0377. The van der Waals surface area contributed by atoms with Gasteiger partial charge in [-0.3, -0.25) is 0 Å². The Morgan fingerprint density at radius 3 is 0.778 bits per heavy atom. The molecule has 0 saturated carbocycles. The molecule has 0 fully saturated rings. The lowest BCUT2D eigenvalue weighted by Crippen LogP contribution is -2.32. The first-order valence-electron chi connectivity index (χ1n) is 24.1. The van der Waals surface area contributed by atoms with Gasteiger partial charge < -0.3 is 0 Å². The normalized spacial score (nSPS) is 11.5. The second-order valence-electron chi connectivity index (χ2n) is 16.6. The number of unbranched alkanes of at least 4 members (excludes halogenated alkanes) is 31. The molecule has 0 radical (unpaired) electrons. The Bertz CT molecular complexity index is 940. The molecule has 0 aliphatic carbocycles. The van der Waals surface area contributed by atoms with Gasteiger partial charge in [-0.1, -0.05) is 194 Å². The van der Waals surface area contributed by atoms with Gasteiger partial charge in [-0.05, 0) is 37.2 Å². The van der Waals surface area contributed by atoms with E-state index in [2.05, 4.69) is 72.0 Å². The Labute approximate surface area is 346 Å². The number of nitrogens with zero attached hydrogens (tertiary/aromatic N) is 2. The van der Waals surface area contributed by atoms with Crippen molar-refractivity contribution in [3.63, 3.8) is 0 Å². The molecule has 0 bridgehead atoms. The van der Waals surface area contributed by atoms with Gasteiger partial charge in [0, 0.05) is 46.9 Å². The molecule has 0 aliphatic rings. The summed E-state index contributed by atoms with van der Waals surface area (Å²) < 4.78 is 4.78. The van der Waals surface area contributed by atoms with Crippen molar-refractivity contribution in [2.75, 3.05) is 11.5 Å². The molecular weight excluding hydrogens is 693 g/mol. The summed E-state index contributed by atoms with van der Waals surface area (Å²) >= 11 is 4.08. The van der Waals surface area contributed by atoms with Gasteiger partial charge in [0.25, 0.3) is 0 Å². The fourth-order valence-electron chi connectivity index (χ4n) is 7.65. The van der Waals surface area contributed by atoms with Gasteiger partial charge in [0.05, 0.1) is 0 Å². The van der Waals surface area contributed by atoms with Crippen molar-refractivity contribution in [3.8, 4) is 0 Å². The molecule has 54 heavy (non-hydrogen) atoms. The number of aryl methyl sites for hydroxylation is 2. The lowest BCUT2D eigenvalue weighted by Gasteiger charge is -2.04. The van der Waals surface area contributed by atoms with E-state index in [-0.39, 0.29) is 0 Å². The second kappa shape index (κ2) is 38.9. The van der Waals surface area contributed by atoms with Crippen molar-refractivity contribution < 1.29 is 9.13 Å². The van der Waals surface area contributed by atoms with Gasteiger partial charge in [0.15, 0.2) is 24.8 Å². The van der Waals surface area contributed by atoms with Gasteiger partial charge in [-0.25, -0.2) is 9.13 Å². The molecule has 0 atom stereocenters. The Kier molecular flexibility index (Phi) is 35.4. The van der Waals surface area contributed by atoms with E-state index in [9.17, 15) is 0 Å². The van der Waals surface area contributed by atoms with Crippen molar-refractivity contribution >= 4 is 23.5 Å². The summed E-state index contributed by atoms with van der Waals surface area (Å²) in [7, 11) is 0. The van der Waals surface area contributed by atoms with E-state index in [4.69, 9.17) is 0 Å². The molecule has 0 spiro atoms. The summed E-state index contributed by atoms with van der Waals surface area (Å²) in [4.78, 5) is 2.87. The van der Waals surface area contributed by atoms with Crippen LogP contribution >= 0.6 is 23.5 Å². The topological polar surface area (TPSA) is 7.76 Å². The van der Waals surface area contributed by atoms with Crippen LogP contribution < -0.4 is 9.13 Å². The third kappa shape index (κ3) is 31.1. The molecule has 0 N–H and O–H groups in total. The second-order valence-corrected chi connectivity index (χ2v) is 18.9. The Morgan fingerprint density at radius 1 is 0.296 bits per heavy atom. The van der Waals surface area contributed by atoms with Gasteiger partial charge in [0.1, 0.15) is 13.1 Å². The van der Waals surface area contributed by atoms with Crippen molar-refractivity contribution in [2.24, 2.45) is 0 Å². The summed E-state index contributed by atoms with van der Waals surface area (Å²) in [6, 6.07) is 9.33. The third-order valence-electron chi connectivity index (χ3n) is 11.3. The maximum Gasteiger partial charge on any atom is 0.169 e. The first kappa shape index (κ1) is 49.1. The first-order chi connectivity index (χ1) is 26.8. The highest BCUT2D eigenvalue weighted by atomic mass is 32.2. The molecule has 4 heteroatoms.